The number of halogens is 3. The number of aliphatic carboxylic acids is 1. The SMILES string of the molecule is CN1CCN(CCNc2ncc(-c3ccccc3)c(-c3ccc(CN4CCC(c5nc(-c6ccccn6)n[nH]5)CC4)cc3)n2)CC1.O=C(O)C(F)(F)F. The second-order valence-corrected chi connectivity index (χ2v) is 13.2. The molecule has 5 heterocycles. The Balaban J connectivity index is 0.000000626. The molecule has 0 aliphatic carbocycles. The van der Waals surface area contributed by atoms with Gasteiger partial charge >= 0.3 is 12.1 Å². The quantitative estimate of drug-likeness (QED) is 0.164. The van der Waals surface area contributed by atoms with Crippen molar-refractivity contribution in [3.8, 4) is 33.9 Å². The maximum atomic E-state index is 10.6. The molecule has 2 fully saturated rings. The zero-order chi connectivity index (χ0) is 37.2. The number of carboxylic acid groups (broad SMARTS) is 1. The van der Waals surface area contributed by atoms with Crippen molar-refractivity contribution in [2.24, 2.45) is 0 Å². The largest absolute Gasteiger partial charge is 0.490 e. The van der Waals surface area contributed by atoms with Crippen molar-refractivity contribution in [2.45, 2.75) is 31.5 Å². The normalized spacial score (nSPS) is 16.2. The molecule has 2 aromatic carbocycles. The molecule has 15 heteroatoms. The number of carbonyl (C=O) groups is 1. The van der Waals surface area contributed by atoms with Crippen LogP contribution >= 0.6 is 0 Å². The lowest BCUT2D eigenvalue weighted by atomic mass is 9.95. The molecule has 12 nitrogen and oxygen atoms in total. The van der Waals surface area contributed by atoms with Crippen LogP contribution in [0.4, 0.5) is 19.1 Å². The minimum atomic E-state index is -5.08. The van der Waals surface area contributed by atoms with Crippen molar-refractivity contribution in [3.63, 3.8) is 0 Å². The highest BCUT2D eigenvalue weighted by atomic mass is 19.4. The van der Waals surface area contributed by atoms with Gasteiger partial charge in [0, 0.05) is 75.3 Å². The molecule has 2 saturated heterocycles. The molecule has 0 atom stereocenters. The predicted molar refractivity (Wildman–Crippen MR) is 196 cm³/mol. The first-order valence-electron chi connectivity index (χ1n) is 17.6. The van der Waals surface area contributed by atoms with Gasteiger partial charge in [-0.15, -0.1) is 0 Å². The molecule has 278 valence electrons. The molecule has 0 spiro atoms. The lowest BCUT2D eigenvalue weighted by molar-refractivity contribution is -0.192. The van der Waals surface area contributed by atoms with Gasteiger partial charge in [-0.05, 0) is 56.2 Å². The molecule has 2 aliphatic heterocycles. The summed E-state index contributed by atoms with van der Waals surface area (Å²) < 4.78 is 31.7. The van der Waals surface area contributed by atoms with Crippen LogP contribution in [0.25, 0.3) is 33.9 Å². The fourth-order valence-electron chi connectivity index (χ4n) is 6.37. The fourth-order valence-corrected chi connectivity index (χ4v) is 6.37. The first kappa shape index (κ1) is 37.5. The second-order valence-electron chi connectivity index (χ2n) is 13.2. The number of H-pyrrole nitrogens is 1. The average Bonchev–Trinajstić information content (AvgIpc) is 3.68. The van der Waals surface area contributed by atoms with Crippen molar-refractivity contribution in [1.82, 2.24) is 44.8 Å². The zero-order valence-corrected chi connectivity index (χ0v) is 29.5. The molecular weight excluding hydrogens is 685 g/mol. The molecule has 0 radical (unpaired) electrons. The Labute approximate surface area is 306 Å². The van der Waals surface area contributed by atoms with Crippen molar-refractivity contribution in [3.05, 3.63) is 96.6 Å². The summed E-state index contributed by atoms with van der Waals surface area (Å²) in [6.45, 7) is 9.26. The standard InChI is InChI=1S/C36H42N10.C2HF3O2/c1-44-21-23-45(24-22-44)20-17-38-36-39-25-31(28-7-3-2-4-8-28)33(40-36)29-12-10-27(11-13-29)26-46-18-14-30(15-19-46)34-41-35(43-42-34)32-9-5-6-16-37-32;3-2(4,5)1(6)7/h2-13,16,25,30H,14-15,17-24,26H2,1H3,(H,38,39,40)(H,41,42,43);(H,6,7). The monoisotopic (exact) mass is 728 g/mol. The number of likely N-dealkylation sites (tertiary alicyclic amines) is 1. The first-order chi connectivity index (χ1) is 25.6. The summed E-state index contributed by atoms with van der Waals surface area (Å²) in [6, 6.07) is 25.1. The second kappa shape index (κ2) is 17.5. The Kier molecular flexibility index (Phi) is 12.4. The van der Waals surface area contributed by atoms with Crippen LogP contribution < -0.4 is 5.32 Å². The smallest absolute Gasteiger partial charge is 0.475 e. The van der Waals surface area contributed by atoms with Crippen LogP contribution in [0.2, 0.25) is 0 Å². The van der Waals surface area contributed by atoms with Crippen LogP contribution in [-0.2, 0) is 11.3 Å². The Hall–Kier alpha value is -5.25. The Morgan fingerprint density at radius 3 is 2.23 bits per heavy atom. The van der Waals surface area contributed by atoms with Gasteiger partial charge < -0.3 is 15.3 Å². The van der Waals surface area contributed by atoms with Gasteiger partial charge in [-0.1, -0.05) is 60.7 Å². The number of rotatable bonds is 10. The van der Waals surface area contributed by atoms with E-state index in [1.165, 1.54) is 5.56 Å². The predicted octanol–water partition coefficient (Wildman–Crippen LogP) is 5.66. The first-order valence-corrected chi connectivity index (χ1v) is 17.6. The Morgan fingerprint density at radius 2 is 1.57 bits per heavy atom. The summed E-state index contributed by atoms with van der Waals surface area (Å²) >= 11 is 0. The number of likely N-dealkylation sites (N-methyl/N-ethyl adjacent to an activating group) is 1. The Bertz CT molecular complexity index is 1890. The van der Waals surface area contributed by atoms with E-state index in [4.69, 9.17) is 24.9 Å². The third kappa shape index (κ3) is 10.4. The summed E-state index contributed by atoms with van der Waals surface area (Å²) in [5, 5.41) is 18.2. The highest BCUT2D eigenvalue weighted by molar-refractivity contribution is 5.81. The number of piperazine rings is 1. The number of carboxylic acids is 1. The van der Waals surface area contributed by atoms with Crippen LogP contribution in [0.15, 0.2) is 85.2 Å². The third-order valence-corrected chi connectivity index (χ3v) is 9.43. The van der Waals surface area contributed by atoms with Crippen LogP contribution in [0.5, 0.6) is 0 Å². The highest BCUT2D eigenvalue weighted by Crippen LogP contribution is 2.32. The van der Waals surface area contributed by atoms with Gasteiger partial charge in [-0.2, -0.15) is 18.3 Å². The van der Waals surface area contributed by atoms with Gasteiger partial charge in [-0.3, -0.25) is 19.9 Å². The third-order valence-electron chi connectivity index (χ3n) is 9.43. The van der Waals surface area contributed by atoms with E-state index in [-0.39, 0.29) is 0 Å². The number of aromatic amines is 1. The van der Waals surface area contributed by atoms with E-state index < -0.39 is 12.1 Å². The lowest BCUT2D eigenvalue weighted by Crippen LogP contribution is -2.45. The summed E-state index contributed by atoms with van der Waals surface area (Å²) in [5.74, 6) is -0.0491. The van der Waals surface area contributed by atoms with Gasteiger partial charge in [0.05, 0.1) is 5.69 Å². The molecule has 5 aromatic rings. The number of anilines is 1. The minimum Gasteiger partial charge on any atom is -0.475 e. The molecule has 0 bridgehead atoms. The zero-order valence-electron chi connectivity index (χ0n) is 29.5. The maximum absolute atomic E-state index is 10.6. The maximum Gasteiger partial charge on any atom is 0.490 e. The van der Waals surface area contributed by atoms with E-state index in [2.05, 4.69) is 90.8 Å². The topological polar surface area (TPSA) is 139 Å². The van der Waals surface area contributed by atoms with Crippen LogP contribution in [-0.4, -0.2) is 121 Å². The van der Waals surface area contributed by atoms with Crippen molar-refractivity contribution in [1.29, 1.82) is 0 Å². The number of piperidine rings is 1. The van der Waals surface area contributed by atoms with Crippen molar-refractivity contribution >= 4 is 11.9 Å². The van der Waals surface area contributed by atoms with E-state index in [1.54, 1.807) is 6.20 Å². The van der Waals surface area contributed by atoms with E-state index in [9.17, 15) is 13.2 Å². The van der Waals surface area contributed by atoms with Crippen LogP contribution in [0, 0.1) is 0 Å². The van der Waals surface area contributed by atoms with Crippen LogP contribution in [0.1, 0.15) is 30.1 Å². The minimum absolute atomic E-state index is 0.391. The highest BCUT2D eigenvalue weighted by Gasteiger charge is 2.38. The number of nitrogens with one attached hydrogen (secondary N) is 2. The number of benzene rings is 2. The number of alkyl halides is 3. The van der Waals surface area contributed by atoms with E-state index >= 15 is 0 Å². The average molecular weight is 729 g/mol. The molecule has 53 heavy (non-hydrogen) atoms. The number of hydrogen-bond acceptors (Lipinski definition) is 10. The summed E-state index contributed by atoms with van der Waals surface area (Å²) in [4.78, 5) is 35.2. The number of pyridine rings is 1. The molecule has 2 aliphatic rings. The van der Waals surface area contributed by atoms with Gasteiger partial charge in [0.2, 0.25) is 5.95 Å². The van der Waals surface area contributed by atoms with Gasteiger partial charge in [0.15, 0.2) is 5.82 Å². The molecule has 0 unspecified atom stereocenters. The van der Waals surface area contributed by atoms with E-state index in [0.29, 0.717) is 17.7 Å². The Morgan fingerprint density at radius 1 is 0.868 bits per heavy atom. The molecule has 0 amide bonds. The summed E-state index contributed by atoms with van der Waals surface area (Å²) in [6.07, 6.45) is 0.765. The molecular formula is C38H43F3N10O2. The fraction of sp³-hybridized carbons (Fsp3) is 0.368. The van der Waals surface area contributed by atoms with Gasteiger partial charge in [0.25, 0.3) is 0 Å². The molecule has 3 aromatic heterocycles. The molecule has 0 saturated carbocycles. The molecule has 3 N–H and O–H groups in total. The van der Waals surface area contributed by atoms with Crippen LogP contribution in [0.3, 0.4) is 0 Å². The van der Waals surface area contributed by atoms with Crippen molar-refractivity contribution in [2.75, 3.05) is 64.7 Å². The van der Waals surface area contributed by atoms with E-state index in [0.717, 1.165) is 106 Å². The lowest BCUT2D eigenvalue weighted by Gasteiger charge is -2.32. The molecule has 7 rings (SSSR count). The van der Waals surface area contributed by atoms with Gasteiger partial charge in [0.1, 0.15) is 11.5 Å². The number of hydrogen-bond donors (Lipinski definition) is 3. The van der Waals surface area contributed by atoms with E-state index in [1.807, 2.05) is 30.5 Å². The summed E-state index contributed by atoms with van der Waals surface area (Å²) in [5.41, 5.74) is 6.32. The van der Waals surface area contributed by atoms with Crippen molar-refractivity contribution < 1.29 is 23.1 Å². The van der Waals surface area contributed by atoms with Gasteiger partial charge in [-0.25, -0.2) is 19.7 Å². The number of nitrogens with zero attached hydrogens (tertiary/aromatic N) is 8. The number of aromatic nitrogens is 6. The summed E-state index contributed by atoms with van der Waals surface area (Å²) in [7, 11) is 2.19.